The van der Waals surface area contributed by atoms with E-state index in [2.05, 4.69) is 9.88 Å². The van der Waals surface area contributed by atoms with E-state index in [0.717, 1.165) is 38.0 Å². The third kappa shape index (κ3) is 8.89. The zero-order valence-electron chi connectivity index (χ0n) is 26.0. The number of pyridine rings is 1. The van der Waals surface area contributed by atoms with Crippen molar-refractivity contribution in [1.82, 2.24) is 14.8 Å². The van der Waals surface area contributed by atoms with E-state index in [-0.39, 0.29) is 33.9 Å². The van der Waals surface area contributed by atoms with Gasteiger partial charge in [0.05, 0.1) is 29.9 Å². The van der Waals surface area contributed by atoms with E-state index in [0.29, 0.717) is 54.7 Å². The number of alkyl halides is 2. The Morgan fingerprint density at radius 1 is 1.00 bits per heavy atom. The molecule has 0 radical (unpaired) electrons. The Labute approximate surface area is 291 Å². The smallest absolute Gasteiger partial charge is 0.387 e. The molecule has 256 valence electrons. The predicted octanol–water partition coefficient (Wildman–Crippen LogP) is 6.65. The van der Waals surface area contributed by atoms with Crippen molar-refractivity contribution in [2.75, 3.05) is 45.2 Å². The van der Waals surface area contributed by atoms with Crippen molar-refractivity contribution in [3.63, 3.8) is 0 Å². The Morgan fingerprint density at radius 3 is 2.42 bits per heavy atom. The number of aromatic nitrogens is 1. The normalized spacial score (nSPS) is 18.9. The van der Waals surface area contributed by atoms with Crippen molar-refractivity contribution in [3.05, 3.63) is 87.2 Å². The predicted molar refractivity (Wildman–Crippen MR) is 178 cm³/mol. The van der Waals surface area contributed by atoms with Gasteiger partial charge >= 0.3 is 12.6 Å². The summed E-state index contributed by atoms with van der Waals surface area (Å²) < 4.78 is 48.5. The molecular weight excluding hydrogens is 687 g/mol. The molecule has 48 heavy (non-hydrogen) atoms. The lowest BCUT2D eigenvalue weighted by molar-refractivity contribution is -0.151. The average molecular weight is 723 g/mol. The number of rotatable bonds is 13. The van der Waals surface area contributed by atoms with Crippen molar-refractivity contribution >= 4 is 46.8 Å². The minimum absolute atomic E-state index is 0.0545. The molecule has 1 aliphatic carbocycles. The summed E-state index contributed by atoms with van der Waals surface area (Å²) >= 11 is 14.2. The first-order valence-corrected chi connectivity index (χ1v) is 17.6. The summed E-state index contributed by atoms with van der Waals surface area (Å²) in [7, 11) is 0. The number of morpholine rings is 1. The van der Waals surface area contributed by atoms with E-state index in [1.807, 2.05) is 12.1 Å². The Morgan fingerprint density at radius 2 is 1.73 bits per heavy atom. The molecule has 1 amide bonds. The zero-order chi connectivity index (χ0) is 33.6. The highest BCUT2D eigenvalue weighted by molar-refractivity contribution is 8.00. The minimum Gasteiger partial charge on any atom is -0.489 e. The molecule has 3 fully saturated rings. The maximum Gasteiger partial charge on any atom is 0.387 e. The summed E-state index contributed by atoms with van der Waals surface area (Å²) in [5.41, 5.74) is 2.50. The summed E-state index contributed by atoms with van der Waals surface area (Å²) in [6.45, 7) is 1.56. The van der Waals surface area contributed by atoms with Crippen molar-refractivity contribution < 1.29 is 37.3 Å². The van der Waals surface area contributed by atoms with Gasteiger partial charge in [-0.1, -0.05) is 41.4 Å². The standard InChI is InChI=1S/C34H35Cl2F2N3O6S/c35-26-17-39-18-27(36)25(26)16-29(24-7-8-28(47-34(37)38)30(15-24)45-20-22-1-2-22)46-33(43)32-41(11-14-48-32)31(42)23-5-3-21(4-6-23)19-40-9-12-44-13-10-40/h3-8,15,17-18,22,29,32,34H,1-2,9-14,16,19-20H2. The fraction of sp³-hybridized carbons (Fsp3) is 0.441. The SMILES string of the molecule is O=C(OC(Cc1c(Cl)cncc1Cl)c1ccc(OC(F)F)c(OCC2CC2)c1)C1SCCN1C(=O)c1ccc(CN2CCOCC2)cc1. The van der Waals surface area contributed by atoms with E-state index in [1.54, 1.807) is 12.1 Å². The van der Waals surface area contributed by atoms with Gasteiger partial charge < -0.3 is 23.8 Å². The molecule has 1 aromatic heterocycles. The van der Waals surface area contributed by atoms with Crippen LogP contribution in [0, 0.1) is 5.92 Å². The van der Waals surface area contributed by atoms with Crippen LogP contribution in [-0.4, -0.2) is 83.9 Å². The molecule has 3 aromatic rings. The lowest BCUT2D eigenvalue weighted by Crippen LogP contribution is -2.40. The van der Waals surface area contributed by atoms with Gasteiger partial charge in [0.1, 0.15) is 6.10 Å². The molecule has 6 rings (SSSR count). The van der Waals surface area contributed by atoms with Gasteiger partial charge in [-0.3, -0.25) is 14.7 Å². The van der Waals surface area contributed by atoms with Crippen LogP contribution >= 0.6 is 35.0 Å². The van der Waals surface area contributed by atoms with Crippen molar-refractivity contribution in [3.8, 4) is 11.5 Å². The molecule has 3 heterocycles. The van der Waals surface area contributed by atoms with Crippen LogP contribution in [0.4, 0.5) is 8.78 Å². The van der Waals surface area contributed by atoms with Crippen molar-refractivity contribution in [2.24, 2.45) is 5.92 Å². The van der Waals surface area contributed by atoms with Crippen molar-refractivity contribution in [1.29, 1.82) is 0 Å². The van der Waals surface area contributed by atoms with E-state index >= 15 is 0 Å². The number of esters is 1. The first-order valence-electron chi connectivity index (χ1n) is 15.8. The van der Waals surface area contributed by atoms with Crippen LogP contribution in [0.2, 0.25) is 10.0 Å². The molecule has 2 unspecified atom stereocenters. The van der Waals surface area contributed by atoms with E-state index in [1.165, 1.54) is 47.3 Å². The zero-order valence-corrected chi connectivity index (χ0v) is 28.3. The highest BCUT2D eigenvalue weighted by Crippen LogP contribution is 2.39. The number of hydrogen-bond acceptors (Lipinski definition) is 9. The maximum atomic E-state index is 13.8. The summed E-state index contributed by atoms with van der Waals surface area (Å²) in [6.07, 6.45) is 3.96. The molecule has 9 nitrogen and oxygen atoms in total. The van der Waals surface area contributed by atoms with Crippen molar-refractivity contribution in [2.45, 2.75) is 43.9 Å². The number of thioether (sulfide) groups is 1. The number of carbonyl (C=O) groups excluding carboxylic acids is 2. The molecule has 0 bridgehead atoms. The lowest BCUT2D eigenvalue weighted by Gasteiger charge is -2.27. The third-order valence-electron chi connectivity index (χ3n) is 8.39. The van der Waals surface area contributed by atoms with Crippen LogP contribution in [0.1, 0.15) is 46.0 Å². The van der Waals surface area contributed by atoms with Gasteiger partial charge in [0.2, 0.25) is 0 Å². The second-order valence-electron chi connectivity index (χ2n) is 11.9. The van der Waals surface area contributed by atoms with Gasteiger partial charge in [-0.15, -0.1) is 11.8 Å². The number of halogens is 4. The van der Waals surface area contributed by atoms with Crippen LogP contribution < -0.4 is 9.47 Å². The Bertz CT molecular complexity index is 1570. The van der Waals surface area contributed by atoms with Gasteiger partial charge in [-0.05, 0) is 59.7 Å². The molecule has 1 saturated carbocycles. The van der Waals surface area contributed by atoms with Crippen LogP contribution in [0.25, 0.3) is 0 Å². The highest BCUT2D eigenvalue weighted by Gasteiger charge is 2.38. The second kappa shape index (κ2) is 16.0. The fourth-order valence-electron chi connectivity index (χ4n) is 5.58. The first-order chi connectivity index (χ1) is 23.2. The molecule has 3 aliphatic rings. The summed E-state index contributed by atoms with van der Waals surface area (Å²) in [5.74, 6) is -0.0303. The van der Waals surface area contributed by atoms with Gasteiger partial charge in [-0.2, -0.15) is 8.78 Å². The number of amides is 1. The molecule has 0 spiro atoms. The Hall–Kier alpha value is -3.16. The number of benzene rings is 2. The molecule has 0 N–H and O–H groups in total. The molecule has 2 aromatic carbocycles. The number of carbonyl (C=O) groups is 2. The summed E-state index contributed by atoms with van der Waals surface area (Å²) in [5, 5.41) is -0.352. The van der Waals surface area contributed by atoms with Gasteiger partial charge in [0.15, 0.2) is 16.9 Å². The number of ether oxygens (including phenoxy) is 4. The number of nitrogens with zero attached hydrogens (tertiary/aromatic N) is 3. The van der Waals surface area contributed by atoms with Gasteiger partial charge in [0.25, 0.3) is 5.91 Å². The van der Waals surface area contributed by atoms with E-state index in [4.69, 9.17) is 42.1 Å². The summed E-state index contributed by atoms with van der Waals surface area (Å²) in [6, 6.07) is 11.9. The van der Waals surface area contributed by atoms with E-state index < -0.39 is 24.1 Å². The van der Waals surface area contributed by atoms with Gasteiger partial charge in [-0.25, -0.2) is 4.79 Å². The van der Waals surface area contributed by atoms with Gasteiger partial charge in [0, 0.05) is 56.3 Å². The van der Waals surface area contributed by atoms with Crippen LogP contribution in [-0.2, 0) is 27.2 Å². The molecule has 2 aliphatic heterocycles. The molecular formula is C34H35Cl2F2N3O6S. The minimum atomic E-state index is -3.05. The molecule has 14 heteroatoms. The second-order valence-corrected chi connectivity index (χ2v) is 13.9. The monoisotopic (exact) mass is 721 g/mol. The van der Waals surface area contributed by atoms with Crippen LogP contribution in [0.5, 0.6) is 11.5 Å². The average Bonchev–Trinajstić information content (AvgIpc) is 3.78. The Balaban J connectivity index is 1.21. The third-order valence-corrected chi connectivity index (χ3v) is 10.2. The highest BCUT2D eigenvalue weighted by atomic mass is 35.5. The van der Waals surface area contributed by atoms with Crippen LogP contribution in [0.15, 0.2) is 54.9 Å². The maximum absolute atomic E-state index is 13.8. The van der Waals surface area contributed by atoms with Crippen LogP contribution in [0.3, 0.4) is 0 Å². The first kappa shape index (κ1) is 34.7. The Kier molecular flexibility index (Phi) is 11.6. The molecule has 2 saturated heterocycles. The lowest BCUT2D eigenvalue weighted by atomic mass is 10.0. The topological polar surface area (TPSA) is 90.4 Å². The van der Waals surface area contributed by atoms with E-state index in [9.17, 15) is 18.4 Å². The number of hydrogen-bond donors (Lipinski definition) is 0. The quantitative estimate of drug-likeness (QED) is 0.180. The summed E-state index contributed by atoms with van der Waals surface area (Å²) in [4.78, 5) is 35.3. The molecule has 2 atom stereocenters. The largest absolute Gasteiger partial charge is 0.489 e. The fourth-order valence-corrected chi connectivity index (χ4v) is 7.19.